The van der Waals surface area contributed by atoms with Crippen LogP contribution < -0.4 is 0 Å². The van der Waals surface area contributed by atoms with Crippen LogP contribution >= 0.6 is 23.2 Å². The van der Waals surface area contributed by atoms with E-state index in [-0.39, 0.29) is 100 Å². The van der Waals surface area contributed by atoms with Crippen molar-refractivity contribution >= 4 is 76.9 Å². The van der Waals surface area contributed by atoms with Gasteiger partial charge in [0, 0.05) is 0 Å². The number of alkyl halides is 2. The number of esters is 9. The minimum atomic E-state index is -0.953. The van der Waals surface area contributed by atoms with Crippen molar-refractivity contribution in [2.45, 2.75) is 385 Å². The number of hydrogen-bond donors (Lipinski definition) is 0. The normalized spacial score (nSPS) is 14.4. The van der Waals surface area contributed by atoms with Crippen LogP contribution in [0.25, 0.3) is 0 Å². The van der Waals surface area contributed by atoms with Gasteiger partial charge in [0.2, 0.25) is 0 Å². The van der Waals surface area contributed by atoms with Gasteiger partial charge >= 0.3 is 53.7 Å². The van der Waals surface area contributed by atoms with Crippen LogP contribution in [0, 0.1) is 66.0 Å². The van der Waals surface area contributed by atoms with Crippen molar-refractivity contribution in [2.75, 3.05) is 40.6 Å². The summed E-state index contributed by atoms with van der Waals surface area (Å²) in [5.41, 5.74) is -4.04. The van der Waals surface area contributed by atoms with Gasteiger partial charge in [-0.05, 0) is 259 Å². The molecule has 0 radical (unpaired) electrons. The van der Waals surface area contributed by atoms with E-state index in [1.54, 1.807) is 13.8 Å². The highest BCUT2D eigenvalue weighted by molar-refractivity contribution is 6.48. The number of hydrogen-bond acceptors (Lipinski definition) is 19. The average Bonchev–Trinajstić information content (AvgIpc) is 0.826. The second-order valence-electron chi connectivity index (χ2n) is 34.9. The lowest BCUT2D eigenvalue weighted by Crippen LogP contribution is -2.38. The summed E-state index contributed by atoms with van der Waals surface area (Å²) in [5, 5.41) is 9.08. The van der Waals surface area contributed by atoms with Crippen molar-refractivity contribution < 1.29 is 85.8 Å². The molecule has 1 fully saturated rings. The maximum absolute atomic E-state index is 12.2. The van der Waals surface area contributed by atoms with Crippen LogP contribution in [0.1, 0.15) is 368 Å². The number of unbranched alkanes of at least 4 members (excludes halogenated alkanes) is 3. The monoisotopic (exact) mass is 1620 g/mol. The van der Waals surface area contributed by atoms with E-state index in [0.29, 0.717) is 78.0 Å². The van der Waals surface area contributed by atoms with E-state index in [1.807, 2.05) is 210 Å². The second kappa shape index (κ2) is 57.5. The highest BCUT2D eigenvalue weighted by atomic mass is 35.5. The summed E-state index contributed by atoms with van der Waals surface area (Å²) >= 11 is 11.8. The summed E-state index contributed by atoms with van der Waals surface area (Å²) in [5.74, 6) is -1.98. The van der Waals surface area contributed by atoms with Crippen molar-refractivity contribution in [2.24, 2.45) is 54.7 Å². The molecule has 19 nitrogen and oxygen atoms in total. The SMILES string of the molecule is C.CCC(C)(C)C(=O)OC(C)(C)C.CCC(C)(C)C(=O)OC1CCCCC1.CCC(C)(C)C(=O)OCc1ccccc1.CCC(C)(CC(C#N)CC(C)(Cl)Cl)C(=O)OC.CCCCOC(=O)C(C)(C)CC.CCCCOC(=O)C(C)(C)CC(C)(CC)C(=O)OC.CCCCOC(=O)C(C)(C)CC(C)(CC)C(=O)OCCC. The molecule has 21 heteroatoms. The predicted octanol–water partition coefficient (Wildman–Crippen LogP) is 23.8. The largest absolute Gasteiger partial charge is 0.469 e. The number of carbonyl (C=O) groups is 9. The summed E-state index contributed by atoms with van der Waals surface area (Å²) in [6.07, 6.45) is 19.3. The van der Waals surface area contributed by atoms with Crippen molar-refractivity contribution in [3.05, 3.63) is 35.9 Å². The zero-order valence-electron chi connectivity index (χ0n) is 75.4. The van der Waals surface area contributed by atoms with Gasteiger partial charge in [-0.15, -0.1) is 23.2 Å². The number of nitriles is 1. The molecule has 0 heterocycles. The molecule has 1 aromatic rings. The zero-order valence-corrected chi connectivity index (χ0v) is 76.9. The third kappa shape index (κ3) is 51.2. The summed E-state index contributed by atoms with van der Waals surface area (Å²) in [7, 11) is 2.73. The van der Waals surface area contributed by atoms with Gasteiger partial charge in [-0.25, -0.2) is 0 Å². The summed E-state index contributed by atoms with van der Waals surface area (Å²) in [6, 6.07) is 11.9. The van der Waals surface area contributed by atoms with Crippen molar-refractivity contribution in [3.63, 3.8) is 0 Å². The molecule has 111 heavy (non-hydrogen) atoms. The summed E-state index contributed by atoms with van der Waals surface area (Å²) in [6.45, 7) is 59.6. The lowest BCUT2D eigenvalue weighted by atomic mass is 9.72. The Morgan fingerprint density at radius 1 is 0.405 bits per heavy atom. The molecular weight excluding hydrogens is 1450 g/mol. The minimum absolute atomic E-state index is 0. The number of rotatable bonds is 38. The predicted molar refractivity (Wildman–Crippen MR) is 451 cm³/mol. The van der Waals surface area contributed by atoms with E-state index in [2.05, 4.69) is 19.9 Å². The van der Waals surface area contributed by atoms with E-state index in [0.717, 1.165) is 89.0 Å². The quantitative estimate of drug-likeness (QED) is 0.0258. The maximum Gasteiger partial charge on any atom is 0.312 e. The molecule has 1 saturated carbocycles. The minimum Gasteiger partial charge on any atom is -0.469 e. The highest BCUT2D eigenvalue weighted by Gasteiger charge is 2.45. The van der Waals surface area contributed by atoms with Gasteiger partial charge < -0.3 is 42.6 Å². The van der Waals surface area contributed by atoms with Gasteiger partial charge in [0.25, 0.3) is 0 Å². The molecule has 4 atom stereocenters. The number of halogens is 2. The molecule has 0 saturated heterocycles. The molecule has 1 aliphatic carbocycles. The molecule has 1 aliphatic rings. The average molecular weight is 1620 g/mol. The van der Waals surface area contributed by atoms with E-state index >= 15 is 0 Å². The standard InChI is InChI=1S/C17H32O4.C15H28O4.C13H18O2.C12H19Cl2NO2.C12H22O2.2C10H20O2.CH4/c1-7-10-12-21-14(18)16(4,5)13-17(6,9-3)15(19)20-11-8-2;1-7-9-10-19-12(16)14(3,4)11-15(5,8-2)13(17)18-6;1-4-13(2,3)12(14)15-10-11-8-6-5-7-9-11;1-5-11(2,10(16)17-4)6-9(8-15)7-12(3,13)14;1-4-12(2,3)11(13)14-10-8-6-5-7-9-10;1-7-10(5,6)8(11)12-9(2,3)4;1-5-7-8-12-9(11)10(3,4)6-2;/h7-13H2,1-6H3;7-11H2,1-6H3;5-9H,4,10H2,1-3H3;9H,5-7H2,1-4H3;10H,4-9H2,1-3H3;7H2,1-6H3;5-8H2,1-4H3;1H4. The van der Waals surface area contributed by atoms with Crippen LogP contribution in [-0.2, 0) is 92.4 Å². The fraction of sp³-hybridized carbons (Fsp3) is 0.822. The molecular formula is C90H163Cl2NO18. The molecule has 0 spiro atoms. The zero-order chi connectivity index (χ0) is 86.8. The molecule has 4 unspecified atom stereocenters. The first-order valence-corrected chi connectivity index (χ1v) is 41.5. The maximum atomic E-state index is 12.2. The summed E-state index contributed by atoms with van der Waals surface area (Å²) < 4.78 is 45.6. The Labute approximate surface area is 687 Å². The van der Waals surface area contributed by atoms with Gasteiger partial charge in [-0.3, -0.25) is 43.2 Å². The molecule has 0 N–H and O–H groups in total. The first kappa shape index (κ1) is 116. The lowest BCUT2D eigenvalue weighted by Gasteiger charge is -2.33. The Kier molecular flexibility index (Phi) is 60.3. The second-order valence-corrected chi connectivity index (χ2v) is 36.8. The Hall–Kier alpha value is -5.48. The number of methoxy groups -OCH3 is 2. The van der Waals surface area contributed by atoms with Crippen LogP contribution in [0.2, 0.25) is 0 Å². The third-order valence-corrected chi connectivity index (χ3v) is 20.6. The Morgan fingerprint density at radius 3 is 1.06 bits per heavy atom. The van der Waals surface area contributed by atoms with Crippen LogP contribution in [0.3, 0.4) is 0 Å². The van der Waals surface area contributed by atoms with E-state index in [4.69, 9.17) is 71.1 Å². The molecule has 0 amide bonds. The van der Waals surface area contributed by atoms with Gasteiger partial charge in [0.1, 0.15) is 22.6 Å². The smallest absolute Gasteiger partial charge is 0.312 e. The van der Waals surface area contributed by atoms with Gasteiger partial charge in [0.15, 0.2) is 0 Å². The topological polar surface area (TPSA) is 260 Å². The van der Waals surface area contributed by atoms with E-state index < -0.39 is 31.4 Å². The Morgan fingerprint density at radius 2 is 0.739 bits per heavy atom. The van der Waals surface area contributed by atoms with Gasteiger partial charge in [-0.1, -0.05) is 140 Å². The first-order valence-electron chi connectivity index (χ1n) is 40.8. The molecule has 1 aromatic carbocycles. The van der Waals surface area contributed by atoms with Crippen LogP contribution in [0.15, 0.2) is 30.3 Å². The number of carbonyl (C=O) groups excluding carboxylic acids is 9. The third-order valence-electron chi connectivity index (χ3n) is 20.3. The van der Waals surface area contributed by atoms with E-state index in [9.17, 15) is 43.2 Å². The molecule has 0 aromatic heterocycles. The van der Waals surface area contributed by atoms with Crippen LogP contribution in [0.5, 0.6) is 0 Å². The molecule has 2 rings (SSSR count). The molecule has 0 bridgehead atoms. The Bertz CT molecular complexity index is 2810. The van der Waals surface area contributed by atoms with Crippen LogP contribution in [-0.4, -0.2) is 110 Å². The first-order chi connectivity index (χ1) is 50.5. The number of nitrogens with zero attached hydrogens (tertiary/aromatic N) is 1. The summed E-state index contributed by atoms with van der Waals surface area (Å²) in [4.78, 5) is 106. The van der Waals surface area contributed by atoms with Crippen LogP contribution in [0.4, 0.5) is 0 Å². The van der Waals surface area contributed by atoms with E-state index in [1.165, 1.54) is 33.5 Å². The van der Waals surface area contributed by atoms with Crippen molar-refractivity contribution in [1.82, 2.24) is 0 Å². The van der Waals surface area contributed by atoms with Gasteiger partial charge in [-0.2, -0.15) is 5.26 Å². The fourth-order valence-electron chi connectivity index (χ4n) is 10.1. The van der Waals surface area contributed by atoms with Crippen molar-refractivity contribution in [3.8, 4) is 6.07 Å². The highest BCUT2D eigenvalue weighted by Crippen LogP contribution is 2.41. The fourth-order valence-corrected chi connectivity index (χ4v) is 10.4. The number of benzene rings is 1. The lowest BCUT2D eigenvalue weighted by molar-refractivity contribution is -0.166. The number of ether oxygens (including phenoxy) is 9. The molecule has 0 aliphatic heterocycles. The van der Waals surface area contributed by atoms with Crippen molar-refractivity contribution in [1.29, 1.82) is 5.26 Å². The van der Waals surface area contributed by atoms with Gasteiger partial charge in [0.05, 0.1) is 101 Å². The Balaban J connectivity index is -0.000000292. The molecule has 650 valence electrons.